The molecule has 0 aliphatic heterocycles. The molecular formula is C13H12INOS. The lowest BCUT2D eigenvalue weighted by atomic mass is 10.1. The standard InChI is InChI=1S/C13H12INOS/c1-8-3-9(2)5-11(4-8)15-13(16)10-6-12(14)17-7-10/h3-7H,1-2H3,(H,15,16). The van der Waals surface area contributed by atoms with Gasteiger partial charge in [-0.15, -0.1) is 11.3 Å². The number of nitrogens with one attached hydrogen (secondary N) is 1. The van der Waals surface area contributed by atoms with E-state index in [-0.39, 0.29) is 5.91 Å². The van der Waals surface area contributed by atoms with Crippen LogP contribution in [0, 0.1) is 16.7 Å². The van der Waals surface area contributed by atoms with Gasteiger partial charge in [0.1, 0.15) is 0 Å². The second-order valence-electron chi connectivity index (χ2n) is 3.97. The minimum Gasteiger partial charge on any atom is -0.322 e. The monoisotopic (exact) mass is 357 g/mol. The van der Waals surface area contributed by atoms with Crippen LogP contribution >= 0.6 is 33.9 Å². The fourth-order valence-corrected chi connectivity index (χ4v) is 3.01. The van der Waals surface area contributed by atoms with Crippen LogP contribution in [-0.4, -0.2) is 5.91 Å². The zero-order valence-corrected chi connectivity index (χ0v) is 12.6. The van der Waals surface area contributed by atoms with Crippen LogP contribution in [0.15, 0.2) is 29.6 Å². The van der Waals surface area contributed by atoms with Crippen molar-refractivity contribution in [2.45, 2.75) is 13.8 Å². The van der Waals surface area contributed by atoms with Crippen molar-refractivity contribution in [1.82, 2.24) is 0 Å². The Labute approximate surface area is 118 Å². The third-order valence-electron chi connectivity index (χ3n) is 2.31. The summed E-state index contributed by atoms with van der Waals surface area (Å²) in [5, 5.41) is 4.79. The first-order chi connectivity index (χ1) is 8.04. The second-order valence-corrected chi connectivity index (χ2v) is 6.78. The van der Waals surface area contributed by atoms with Crippen molar-refractivity contribution in [3.63, 3.8) is 0 Å². The van der Waals surface area contributed by atoms with Crippen molar-refractivity contribution in [1.29, 1.82) is 0 Å². The Balaban J connectivity index is 2.18. The molecule has 2 rings (SSSR count). The SMILES string of the molecule is Cc1cc(C)cc(NC(=O)c2csc(I)c2)c1. The molecule has 0 aliphatic carbocycles. The van der Waals surface area contributed by atoms with Gasteiger partial charge >= 0.3 is 0 Å². The summed E-state index contributed by atoms with van der Waals surface area (Å²) in [6.45, 7) is 4.05. The number of rotatable bonds is 2. The molecule has 17 heavy (non-hydrogen) atoms. The number of benzene rings is 1. The van der Waals surface area contributed by atoms with E-state index in [9.17, 15) is 4.79 Å². The van der Waals surface area contributed by atoms with Crippen molar-refractivity contribution in [3.05, 3.63) is 49.2 Å². The molecule has 1 amide bonds. The first-order valence-corrected chi connectivity index (χ1v) is 7.14. The molecule has 1 aromatic heterocycles. The van der Waals surface area contributed by atoms with Crippen LogP contribution in [0.4, 0.5) is 5.69 Å². The molecule has 0 fully saturated rings. The number of hydrogen-bond acceptors (Lipinski definition) is 2. The van der Waals surface area contributed by atoms with E-state index in [1.807, 2.05) is 37.4 Å². The van der Waals surface area contributed by atoms with Gasteiger partial charge in [0.15, 0.2) is 0 Å². The molecule has 2 nitrogen and oxygen atoms in total. The number of amides is 1. The van der Waals surface area contributed by atoms with E-state index in [1.54, 1.807) is 11.3 Å². The molecule has 0 bridgehead atoms. The van der Waals surface area contributed by atoms with Gasteiger partial charge in [0.05, 0.1) is 8.45 Å². The summed E-state index contributed by atoms with van der Waals surface area (Å²) in [4.78, 5) is 11.9. The Kier molecular flexibility index (Phi) is 3.83. The van der Waals surface area contributed by atoms with Gasteiger partial charge in [-0.2, -0.15) is 0 Å². The van der Waals surface area contributed by atoms with Gasteiger partial charge in [0, 0.05) is 11.1 Å². The Bertz CT molecular complexity index is 542. The number of carbonyl (C=O) groups excluding carboxylic acids is 1. The first kappa shape index (κ1) is 12.6. The smallest absolute Gasteiger partial charge is 0.256 e. The minimum atomic E-state index is -0.0471. The zero-order valence-electron chi connectivity index (χ0n) is 9.58. The number of aryl methyl sites for hydroxylation is 2. The number of hydrogen-bond donors (Lipinski definition) is 1. The molecule has 0 radical (unpaired) electrons. The highest BCUT2D eigenvalue weighted by Gasteiger charge is 2.08. The van der Waals surface area contributed by atoms with Crippen LogP contribution in [0.5, 0.6) is 0 Å². The van der Waals surface area contributed by atoms with Gasteiger partial charge in [-0.05, 0) is 65.8 Å². The van der Waals surface area contributed by atoms with Crippen molar-refractivity contribution >= 4 is 45.5 Å². The summed E-state index contributed by atoms with van der Waals surface area (Å²) in [5.74, 6) is -0.0471. The van der Waals surface area contributed by atoms with E-state index in [1.165, 1.54) is 0 Å². The van der Waals surface area contributed by atoms with E-state index >= 15 is 0 Å². The predicted molar refractivity (Wildman–Crippen MR) is 80.9 cm³/mol. The van der Waals surface area contributed by atoms with Gasteiger partial charge in [-0.3, -0.25) is 4.79 Å². The Morgan fingerprint density at radius 3 is 2.35 bits per heavy atom. The van der Waals surface area contributed by atoms with Crippen LogP contribution < -0.4 is 5.32 Å². The van der Waals surface area contributed by atoms with Crippen molar-refractivity contribution in [2.75, 3.05) is 5.32 Å². The van der Waals surface area contributed by atoms with Crippen LogP contribution in [0.3, 0.4) is 0 Å². The van der Waals surface area contributed by atoms with Gasteiger partial charge < -0.3 is 5.32 Å². The van der Waals surface area contributed by atoms with Gasteiger partial charge in [-0.25, -0.2) is 0 Å². The molecule has 1 aromatic carbocycles. The number of thiophene rings is 1. The number of halogens is 1. The minimum absolute atomic E-state index is 0.0471. The summed E-state index contributed by atoms with van der Waals surface area (Å²) in [6, 6.07) is 7.93. The van der Waals surface area contributed by atoms with E-state index < -0.39 is 0 Å². The average molecular weight is 357 g/mol. The Hall–Kier alpha value is -0.880. The highest BCUT2D eigenvalue weighted by molar-refractivity contribution is 14.1. The molecule has 0 spiro atoms. The Morgan fingerprint density at radius 2 is 1.82 bits per heavy atom. The summed E-state index contributed by atoms with van der Waals surface area (Å²) >= 11 is 3.79. The zero-order chi connectivity index (χ0) is 12.4. The molecule has 4 heteroatoms. The lowest BCUT2D eigenvalue weighted by Crippen LogP contribution is -2.11. The summed E-state index contributed by atoms with van der Waals surface area (Å²) < 4.78 is 1.12. The molecule has 0 unspecified atom stereocenters. The normalized spacial score (nSPS) is 10.3. The first-order valence-electron chi connectivity index (χ1n) is 5.18. The summed E-state index contributed by atoms with van der Waals surface area (Å²) in [6.07, 6.45) is 0. The van der Waals surface area contributed by atoms with Gasteiger partial charge in [0.2, 0.25) is 0 Å². The molecule has 88 valence electrons. The van der Waals surface area contributed by atoms with Crippen LogP contribution in [-0.2, 0) is 0 Å². The lowest BCUT2D eigenvalue weighted by Gasteiger charge is -2.06. The fraction of sp³-hybridized carbons (Fsp3) is 0.154. The van der Waals surface area contributed by atoms with Gasteiger partial charge in [0.25, 0.3) is 5.91 Å². The maximum Gasteiger partial charge on any atom is 0.256 e. The molecule has 0 aliphatic rings. The van der Waals surface area contributed by atoms with E-state index in [0.29, 0.717) is 0 Å². The predicted octanol–water partition coefficient (Wildman–Crippen LogP) is 4.22. The van der Waals surface area contributed by atoms with Crippen LogP contribution in [0.25, 0.3) is 0 Å². The Morgan fingerprint density at radius 1 is 1.18 bits per heavy atom. The van der Waals surface area contributed by atoms with E-state index in [4.69, 9.17) is 0 Å². The molecule has 0 saturated carbocycles. The molecule has 0 saturated heterocycles. The third-order valence-corrected chi connectivity index (χ3v) is 4.10. The third kappa shape index (κ3) is 3.29. The van der Waals surface area contributed by atoms with Crippen molar-refractivity contribution < 1.29 is 4.79 Å². The maximum atomic E-state index is 11.9. The molecule has 1 N–H and O–H groups in total. The highest BCUT2D eigenvalue weighted by atomic mass is 127. The van der Waals surface area contributed by atoms with Crippen LogP contribution in [0.1, 0.15) is 21.5 Å². The maximum absolute atomic E-state index is 11.9. The number of anilines is 1. The van der Waals surface area contributed by atoms with Crippen LogP contribution in [0.2, 0.25) is 0 Å². The van der Waals surface area contributed by atoms with Gasteiger partial charge in [-0.1, -0.05) is 6.07 Å². The molecule has 1 heterocycles. The lowest BCUT2D eigenvalue weighted by molar-refractivity contribution is 0.102. The topological polar surface area (TPSA) is 29.1 Å². The second kappa shape index (κ2) is 5.18. The fourth-order valence-electron chi connectivity index (χ4n) is 1.68. The van der Waals surface area contributed by atoms with Crippen molar-refractivity contribution in [2.24, 2.45) is 0 Å². The molecule has 0 atom stereocenters. The summed E-state index contributed by atoms with van der Waals surface area (Å²) in [5.41, 5.74) is 3.88. The number of carbonyl (C=O) groups is 1. The van der Waals surface area contributed by atoms with E-state index in [2.05, 4.69) is 34.0 Å². The molecular weight excluding hydrogens is 345 g/mol. The van der Waals surface area contributed by atoms with E-state index in [0.717, 1.165) is 25.3 Å². The largest absolute Gasteiger partial charge is 0.322 e. The molecule has 2 aromatic rings. The quantitative estimate of drug-likeness (QED) is 0.801. The van der Waals surface area contributed by atoms with Crippen molar-refractivity contribution in [3.8, 4) is 0 Å². The average Bonchev–Trinajstić information content (AvgIpc) is 2.63. The highest BCUT2D eigenvalue weighted by Crippen LogP contribution is 2.19. The summed E-state index contributed by atoms with van der Waals surface area (Å²) in [7, 11) is 0.